The molecular formula is C12H13ClN4O2. The van der Waals surface area contributed by atoms with Crippen LogP contribution in [-0.4, -0.2) is 22.6 Å². The Balaban J connectivity index is 1.89. The van der Waals surface area contributed by atoms with E-state index in [2.05, 4.69) is 15.5 Å². The Labute approximate surface area is 114 Å². The van der Waals surface area contributed by atoms with Crippen LogP contribution in [0.2, 0.25) is 5.02 Å². The van der Waals surface area contributed by atoms with Crippen molar-refractivity contribution in [1.29, 1.82) is 0 Å². The first-order valence-electron chi connectivity index (χ1n) is 5.68. The van der Waals surface area contributed by atoms with E-state index in [-0.39, 0.29) is 5.91 Å². The van der Waals surface area contributed by atoms with Gasteiger partial charge in [-0.25, -0.2) is 0 Å². The maximum absolute atomic E-state index is 11.8. The van der Waals surface area contributed by atoms with Crippen molar-refractivity contribution in [3.05, 3.63) is 40.5 Å². The van der Waals surface area contributed by atoms with E-state index >= 15 is 0 Å². The predicted molar refractivity (Wildman–Crippen MR) is 70.9 cm³/mol. The largest absolute Gasteiger partial charge is 0.398 e. The molecule has 0 atom stereocenters. The van der Waals surface area contributed by atoms with Crippen molar-refractivity contribution in [3.63, 3.8) is 0 Å². The monoisotopic (exact) mass is 280 g/mol. The molecule has 0 saturated carbocycles. The third-order valence-corrected chi connectivity index (χ3v) is 2.78. The highest BCUT2D eigenvalue weighted by Crippen LogP contribution is 2.19. The predicted octanol–water partition coefficient (Wildman–Crippen LogP) is 1.59. The number of nitrogens with zero attached hydrogens (tertiary/aromatic N) is 2. The topological polar surface area (TPSA) is 94.0 Å². The highest BCUT2D eigenvalue weighted by Gasteiger charge is 2.08. The van der Waals surface area contributed by atoms with E-state index in [4.69, 9.17) is 21.9 Å². The summed E-state index contributed by atoms with van der Waals surface area (Å²) in [5.74, 6) is 0.845. The summed E-state index contributed by atoms with van der Waals surface area (Å²) in [6, 6.07) is 4.75. The minimum Gasteiger partial charge on any atom is -0.398 e. The SMILES string of the molecule is Cc1noc(CCNC(=O)c2ccc(N)c(Cl)c2)n1. The molecule has 7 heteroatoms. The van der Waals surface area contributed by atoms with E-state index in [1.165, 1.54) is 6.07 Å². The molecule has 0 unspecified atom stereocenters. The summed E-state index contributed by atoms with van der Waals surface area (Å²) >= 11 is 5.85. The quantitative estimate of drug-likeness (QED) is 0.829. The van der Waals surface area contributed by atoms with Gasteiger partial charge < -0.3 is 15.6 Å². The number of nitrogens with one attached hydrogen (secondary N) is 1. The van der Waals surface area contributed by atoms with Gasteiger partial charge in [0.2, 0.25) is 5.89 Å². The fourth-order valence-electron chi connectivity index (χ4n) is 1.49. The number of carbonyl (C=O) groups is 1. The van der Waals surface area contributed by atoms with Gasteiger partial charge in [-0.05, 0) is 25.1 Å². The second kappa shape index (κ2) is 5.71. The molecule has 0 radical (unpaired) electrons. The number of nitrogens with two attached hydrogens (primary N) is 1. The fraction of sp³-hybridized carbons (Fsp3) is 0.250. The van der Waals surface area contributed by atoms with E-state index in [1.54, 1.807) is 19.1 Å². The normalized spacial score (nSPS) is 10.4. The zero-order valence-corrected chi connectivity index (χ0v) is 11.1. The smallest absolute Gasteiger partial charge is 0.251 e. The Morgan fingerprint density at radius 1 is 1.53 bits per heavy atom. The van der Waals surface area contributed by atoms with E-state index < -0.39 is 0 Å². The summed E-state index contributed by atoms with van der Waals surface area (Å²) in [6.45, 7) is 2.14. The van der Waals surface area contributed by atoms with Crippen molar-refractivity contribution >= 4 is 23.2 Å². The Morgan fingerprint density at radius 2 is 2.32 bits per heavy atom. The highest BCUT2D eigenvalue weighted by molar-refractivity contribution is 6.33. The number of amides is 1. The van der Waals surface area contributed by atoms with Gasteiger partial charge in [0.15, 0.2) is 5.82 Å². The molecular weight excluding hydrogens is 268 g/mol. The van der Waals surface area contributed by atoms with Gasteiger partial charge in [0, 0.05) is 18.5 Å². The number of aromatic nitrogens is 2. The van der Waals surface area contributed by atoms with Gasteiger partial charge in [-0.2, -0.15) is 4.98 Å². The minimum absolute atomic E-state index is 0.224. The number of carbonyl (C=O) groups excluding carboxylic acids is 1. The molecule has 2 aromatic rings. The van der Waals surface area contributed by atoms with Crippen molar-refractivity contribution < 1.29 is 9.32 Å². The highest BCUT2D eigenvalue weighted by atomic mass is 35.5. The van der Waals surface area contributed by atoms with E-state index in [1.807, 2.05) is 0 Å². The molecule has 0 fully saturated rings. The van der Waals surface area contributed by atoms with Crippen molar-refractivity contribution in [2.45, 2.75) is 13.3 Å². The first-order valence-corrected chi connectivity index (χ1v) is 6.06. The zero-order valence-electron chi connectivity index (χ0n) is 10.3. The van der Waals surface area contributed by atoms with Crippen molar-refractivity contribution in [2.75, 3.05) is 12.3 Å². The molecule has 0 bridgehead atoms. The lowest BCUT2D eigenvalue weighted by atomic mass is 10.2. The Kier molecular flexibility index (Phi) is 4.01. The summed E-state index contributed by atoms with van der Waals surface area (Å²) in [5.41, 5.74) is 6.48. The van der Waals surface area contributed by atoms with Crippen LogP contribution in [0.15, 0.2) is 22.7 Å². The standard InChI is InChI=1S/C12H13ClN4O2/c1-7-16-11(19-17-7)4-5-15-12(18)8-2-3-10(14)9(13)6-8/h2-3,6H,4-5,14H2,1H3,(H,15,18). The maximum atomic E-state index is 11.8. The molecule has 0 aliphatic heterocycles. The average Bonchev–Trinajstić information content (AvgIpc) is 2.78. The lowest BCUT2D eigenvalue weighted by molar-refractivity contribution is 0.0953. The van der Waals surface area contributed by atoms with Gasteiger partial charge in [0.05, 0.1) is 10.7 Å². The van der Waals surface area contributed by atoms with Gasteiger partial charge in [0.1, 0.15) is 0 Å². The number of hydrogen-bond acceptors (Lipinski definition) is 5. The summed E-state index contributed by atoms with van der Waals surface area (Å²) in [6.07, 6.45) is 0.481. The van der Waals surface area contributed by atoms with Crippen LogP contribution in [0, 0.1) is 6.92 Å². The summed E-state index contributed by atoms with van der Waals surface area (Å²) in [5, 5.41) is 6.76. The van der Waals surface area contributed by atoms with E-state index in [9.17, 15) is 4.79 Å². The van der Waals surface area contributed by atoms with E-state index in [0.717, 1.165) is 0 Å². The van der Waals surface area contributed by atoms with Crippen LogP contribution < -0.4 is 11.1 Å². The number of aryl methyl sites for hydroxylation is 1. The lowest BCUT2D eigenvalue weighted by Gasteiger charge is -2.05. The molecule has 100 valence electrons. The van der Waals surface area contributed by atoms with Crippen LogP contribution in [0.5, 0.6) is 0 Å². The fourth-order valence-corrected chi connectivity index (χ4v) is 1.68. The summed E-state index contributed by atoms with van der Waals surface area (Å²) < 4.78 is 4.94. The van der Waals surface area contributed by atoms with Gasteiger partial charge >= 0.3 is 0 Å². The van der Waals surface area contributed by atoms with Gasteiger partial charge in [-0.3, -0.25) is 4.79 Å². The van der Waals surface area contributed by atoms with Crippen molar-refractivity contribution in [3.8, 4) is 0 Å². The lowest BCUT2D eigenvalue weighted by Crippen LogP contribution is -2.25. The van der Waals surface area contributed by atoms with Gasteiger partial charge in [-0.15, -0.1) is 0 Å². The second-order valence-electron chi connectivity index (χ2n) is 3.98. The third-order valence-electron chi connectivity index (χ3n) is 2.46. The van der Waals surface area contributed by atoms with Crippen LogP contribution in [0.3, 0.4) is 0 Å². The Hall–Kier alpha value is -2.08. The first kappa shape index (κ1) is 13.4. The molecule has 1 aromatic carbocycles. The van der Waals surface area contributed by atoms with Crippen molar-refractivity contribution in [1.82, 2.24) is 15.5 Å². The summed E-state index contributed by atoms with van der Waals surface area (Å²) in [7, 11) is 0. The number of hydrogen-bond donors (Lipinski definition) is 2. The molecule has 6 nitrogen and oxygen atoms in total. The van der Waals surface area contributed by atoms with Crippen LogP contribution >= 0.6 is 11.6 Å². The Morgan fingerprint density at radius 3 is 2.95 bits per heavy atom. The average molecular weight is 281 g/mol. The molecule has 3 N–H and O–H groups in total. The number of nitrogen functional groups attached to an aromatic ring is 1. The van der Waals surface area contributed by atoms with Gasteiger partial charge in [-0.1, -0.05) is 16.8 Å². The van der Waals surface area contributed by atoms with Crippen LogP contribution in [-0.2, 0) is 6.42 Å². The molecule has 0 aliphatic rings. The van der Waals surface area contributed by atoms with Crippen LogP contribution in [0.4, 0.5) is 5.69 Å². The molecule has 0 saturated heterocycles. The summed E-state index contributed by atoms with van der Waals surface area (Å²) in [4.78, 5) is 15.9. The number of rotatable bonds is 4. The molecule has 0 spiro atoms. The number of benzene rings is 1. The molecule has 1 amide bonds. The molecule has 2 rings (SSSR count). The Bertz CT molecular complexity index is 597. The second-order valence-corrected chi connectivity index (χ2v) is 4.38. The minimum atomic E-state index is -0.224. The van der Waals surface area contributed by atoms with Crippen LogP contribution in [0.25, 0.3) is 0 Å². The van der Waals surface area contributed by atoms with E-state index in [0.29, 0.717) is 41.0 Å². The molecule has 0 aliphatic carbocycles. The zero-order chi connectivity index (χ0) is 13.8. The van der Waals surface area contributed by atoms with Crippen LogP contribution in [0.1, 0.15) is 22.1 Å². The molecule has 1 aromatic heterocycles. The molecule has 1 heterocycles. The third kappa shape index (κ3) is 3.45. The van der Waals surface area contributed by atoms with Gasteiger partial charge in [0.25, 0.3) is 5.91 Å². The molecule has 19 heavy (non-hydrogen) atoms. The first-order chi connectivity index (χ1) is 9.06. The van der Waals surface area contributed by atoms with Crippen molar-refractivity contribution in [2.24, 2.45) is 0 Å². The maximum Gasteiger partial charge on any atom is 0.251 e. The number of anilines is 1. The number of halogens is 1.